The second-order valence-corrected chi connectivity index (χ2v) is 8.26. The number of benzene rings is 1. The Kier molecular flexibility index (Phi) is 5.61. The van der Waals surface area contributed by atoms with E-state index in [4.69, 9.17) is 0 Å². The number of hydrogen-bond acceptors (Lipinski definition) is 4. The number of nitrogens with one attached hydrogen (secondary N) is 1. The van der Waals surface area contributed by atoms with Crippen LogP contribution in [0.1, 0.15) is 29.9 Å². The third kappa shape index (κ3) is 3.93. The summed E-state index contributed by atoms with van der Waals surface area (Å²) in [5.41, 5.74) is 0.341. The Morgan fingerprint density at radius 2 is 1.96 bits per heavy atom. The molecule has 1 atom stereocenters. The standard InChI is InChI=1S/C16H19FN2O3S2/c1-4-11(2)18-16(20)15-9-14(10-23-15)24(21,22)19(3)13-7-5-12(17)6-8-13/h5-11H,4H2,1-3H3,(H,18,20)/t11-/m1/s1. The maximum absolute atomic E-state index is 13.0. The number of carbonyl (C=O) groups is 1. The van der Waals surface area contributed by atoms with E-state index in [1.165, 1.54) is 42.8 Å². The summed E-state index contributed by atoms with van der Waals surface area (Å²) in [4.78, 5) is 12.5. The van der Waals surface area contributed by atoms with Crippen LogP contribution in [0.25, 0.3) is 0 Å². The first-order valence-corrected chi connectivity index (χ1v) is 9.71. The first-order valence-electron chi connectivity index (χ1n) is 7.39. The van der Waals surface area contributed by atoms with Crippen LogP contribution in [-0.2, 0) is 10.0 Å². The van der Waals surface area contributed by atoms with Crippen molar-refractivity contribution in [3.8, 4) is 0 Å². The number of sulfonamides is 1. The number of amides is 1. The zero-order valence-corrected chi connectivity index (χ0v) is 15.2. The van der Waals surface area contributed by atoms with Crippen LogP contribution in [0.3, 0.4) is 0 Å². The van der Waals surface area contributed by atoms with Gasteiger partial charge in [-0.15, -0.1) is 11.3 Å². The monoisotopic (exact) mass is 370 g/mol. The molecule has 24 heavy (non-hydrogen) atoms. The minimum absolute atomic E-state index is 0.0153. The van der Waals surface area contributed by atoms with Crippen molar-refractivity contribution < 1.29 is 17.6 Å². The highest BCUT2D eigenvalue weighted by atomic mass is 32.2. The first-order chi connectivity index (χ1) is 11.3. The van der Waals surface area contributed by atoms with E-state index in [2.05, 4.69) is 5.32 Å². The van der Waals surface area contributed by atoms with Gasteiger partial charge in [0.05, 0.1) is 15.5 Å². The number of anilines is 1. The van der Waals surface area contributed by atoms with Gasteiger partial charge in [0.25, 0.3) is 15.9 Å². The molecule has 0 unspecified atom stereocenters. The second-order valence-electron chi connectivity index (χ2n) is 5.38. The van der Waals surface area contributed by atoms with E-state index in [1.54, 1.807) is 0 Å². The van der Waals surface area contributed by atoms with Crippen LogP contribution in [-0.4, -0.2) is 27.4 Å². The Morgan fingerprint density at radius 1 is 1.33 bits per heavy atom. The lowest BCUT2D eigenvalue weighted by Gasteiger charge is -2.18. The Labute approximate surface area is 145 Å². The number of nitrogens with zero attached hydrogens (tertiary/aromatic N) is 1. The normalized spacial score (nSPS) is 12.7. The van der Waals surface area contributed by atoms with Crippen molar-refractivity contribution in [2.24, 2.45) is 0 Å². The summed E-state index contributed by atoms with van der Waals surface area (Å²) in [6, 6.07) is 6.53. The molecule has 130 valence electrons. The lowest BCUT2D eigenvalue weighted by molar-refractivity contribution is 0.0943. The molecule has 1 heterocycles. The van der Waals surface area contributed by atoms with Gasteiger partial charge in [0.15, 0.2) is 0 Å². The molecule has 1 N–H and O–H groups in total. The topological polar surface area (TPSA) is 66.5 Å². The van der Waals surface area contributed by atoms with Crippen molar-refractivity contribution in [3.63, 3.8) is 0 Å². The van der Waals surface area contributed by atoms with Gasteiger partial charge in [0.2, 0.25) is 0 Å². The molecule has 1 aromatic heterocycles. The van der Waals surface area contributed by atoms with Gasteiger partial charge in [0.1, 0.15) is 5.82 Å². The Hall–Kier alpha value is -1.93. The van der Waals surface area contributed by atoms with Gasteiger partial charge in [0, 0.05) is 18.5 Å². The SMILES string of the molecule is CC[C@@H](C)NC(=O)c1cc(S(=O)(=O)N(C)c2ccc(F)cc2)cs1. The lowest BCUT2D eigenvalue weighted by atomic mass is 10.2. The van der Waals surface area contributed by atoms with Crippen molar-refractivity contribution in [1.29, 1.82) is 0 Å². The van der Waals surface area contributed by atoms with Crippen molar-refractivity contribution in [2.75, 3.05) is 11.4 Å². The highest BCUT2D eigenvalue weighted by Crippen LogP contribution is 2.26. The molecule has 0 bridgehead atoms. The van der Waals surface area contributed by atoms with Crippen LogP contribution < -0.4 is 9.62 Å². The van der Waals surface area contributed by atoms with Gasteiger partial charge in [-0.2, -0.15) is 0 Å². The molecular formula is C16H19FN2O3S2. The molecule has 5 nitrogen and oxygen atoms in total. The molecular weight excluding hydrogens is 351 g/mol. The Bertz CT molecular complexity index is 816. The van der Waals surface area contributed by atoms with Crippen LogP contribution in [0.2, 0.25) is 0 Å². The molecule has 2 rings (SSSR count). The predicted octanol–water partition coefficient (Wildman–Crippen LogP) is 3.24. The number of hydrogen-bond donors (Lipinski definition) is 1. The quantitative estimate of drug-likeness (QED) is 0.849. The fraction of sp³-hybridized carbons (Fsp3) is 0.312. The largest absolute Gasteiger partial charge is 0.349 e. The third-order valence-corrected chi connectivity index (χ3v) is 6.48. The van der Waals surface area contributed by atoms with Gasteiger partial charge in [-0.05, 0) is 43.7 Å². The smallest absolute Gasteiger partial charge is 0.264 e. The van der Waals surface area contributed by atoms with Crippen LogP contribution in [0.4, 0.5) is 10.1 Å². The maximum Gasteiger partial charge on any atom is 0.264 e. The van der Waals surface area contributed by atoms with Crippen LogP contribution in [0.15, 0.2) is 40.6 Å². The van der Waals surface area contributed by atoms with Crippen molar-refractivity contribution >= 4 is 33.0 Å². The van der Waals surface area contributed by atoms with Gasteiger partial charge in [-0.1, -0.05) is 6.92 Å². The average Bonchev–Trinajstić information content (AvgIpc) is 3.05. The number of thiophene rings is 1. The molecule has 8 heteroatoms. The lowest BCUT2D eigenvalue weighted by Crippen LogP contribution is -2.31. The summed E-state index contributed by atoms with van der Waals surface area (Å²) < 4.78 is 39.3. The minimum Gasteiger partial charge on any atom is -0.349 e. The summed E-state index contributed by atoms with van der Waals surface area (Å²) >= 11 is 1.07. The van der Waals surface area contributed by atoms with Crippen LogP contribution in [0.5, 0.6) is 0 Å². The molecule has 0 saturated heterocycles. The second kappa shape index (κ2) is 7.31. The molecule has 2 aromatic rings. The molecule has 0 aliphatic rings. The van der Waals surface area contributed by atoms with Crippen LogP contribution >= 0.6 is 11.3 Å². The van der Waals surface area contributed by atoms with Crippen LogP contribution in [0, 0.1) is 5.82 Å². The fourth-order valence-corrected chi connectivity index (χ4v) is 4.28. The summed E-state index contributed by atoms with van der Waals surface area (Å²) in [5, 5.41) is 4.23. The Morgan fingerprint density at radius 3 is 2.54 bits per heavy atom. The third-order valence-electron chi connectivity index (χ3n) is 3.64. The minimum atomic E-state index is -3.81. The molecule has 0 fully saturated rings. The summed E-state index contributed by atoms with van der Waals surface area (Å²) in [6.07, 6.45) is 0.787. The van der Waals surface area contributed by atoms with E-state index >= 15 is 0 Å². The van der Waals surface area contributed by atoms with E-state index in [0.29, 0.717) is 10.6 Å². The van der Waals surface area contributed by atoms with Crippen molar-refractivity contribution in [1.82, 2.24) is 5.32 Å². The molecule has 0 radical (unpaired) electrons. The molecule has 0 aliphatic carbocycles. The van der Waals surface area contributed by atoms with E-state index in [1.807, 2.05) is 13.8 Å². The summed E-state index contributed by atoms with van der Waals surface area (Å²) in [7, 11) is -2.42. The van der Waals surface area contributed by atoms with Crippen molar-refractivity contribution in [2.45, 2.75) is 31.2 Å². The number of halogens is 1. The van der Waals surface area contributed by atoms with Gasteiger partial charge in [-0.3, -0.25) is 9.10 Å². The molecule has 1 amide bonds. The average molecular weight is 370 g/mol. The number of carbonyl (C=O) groups excluding carboxylic acids is 1. The summed E-state index contributed by atoms with van der Waals surface area (Å²) in [5.74, 6) is -0.732. The molecule has 0 spiro atoms. The first kappa shape index (κ1) is 18.4. The molecule has 0 aliphatic heterocycles. The van der Waals surface area contributed by atoms with Gasteiger partial charge in [-0.25, -0.2) is 12.8 Å². The fourth-order valence-electron chi connectivity index (χ4n) is 1.92. The van der Waals surface area contributed by atoms with Crippen molar-refractivity contribution in [3.05, 3.63) is 46.4 Å². The zero-order chi connectivity index (χ0) is 17.9. The predicted molar refractivity (Wildman–Crippen MR) is 93.5 cm³/mol. The van der Waals surface area contributed by atoms with Gasteiger partial charge < -0.3 is 5.32 Å². The van der Waals surface area contributed by atoms with E-state index in [0.717, 1.165) is 22.1 Å². The zero-order valence-electron chi connectivity index (χ0n) is 13.6. The molecule has 1 aromatic carbocycles. The summed E-state index contributed by atoms with van der Waals surface area (Å²) in [6.45, 7) is 3.83. The highest BCUT2D eigenvalue weighted by Gasteiger charge is 2.24. The molecule has 0 saturated carbocycles. The van der Waals surface area contributed by atoms with E-state index < -0.39 is 15.8 Å². The van der Waals surface area contributed by atoms with Gasteiger partial charge >= 0.3 is 0 Å². The number of rotatable bonds is 6. The highest BCUT2D eigenvalue weighted by molar-refractivity contribution is 7.93. The van der Waals surface area contributed by atoms with E-state index in [9.17, 15) is 17.6 Å². The van der Waals surface area contributed by atoms with E-state index in [-0.39, 0.29) is 16.8 Å². The maximum atomic E-state index is 13.0. The Balaban J connectivity index is 2.24.